The van der Waals surface area contributed by atoms with Gasteiger partial charge in [0.05, 0.1) is 6.07 Å². The second kappa shape index (κ2) is 6.65. The van der Waals surface area contributed by atoms with Crippen LogP contribution in [0.5, 0.6) is 0 Å². The third-order valence-electron chi connectivity index (χ3n) is 4.40. The SMILES string of the molecule is CC(C)(C)OC(=O)NC1CCC2CN(CCCC#N)CC21. The lowest BCUT2D eigenvalue weighted by Gasteiger charge is -2.25. The summed E-state index contributed by atoms with van der Waals surface area (Å²) in [7, 11) is 0. The molecule has 0 bridgehead atoms. The molecule has 2 aliphatic rings. The summed E-state index contributed by atoms with van der Waals surface area (Å²) in [4.78, 5) is 14.4. The van der Waals surface area contributed by atoms with Crippen LogP contribution in [0.15, 0.2) is 0 Å². The van der Waals surface area contributed by atoms with Gasteiger partial charge >= 0.3 is 6.09 Å². The van der Waals surface area contributed by atoms with Gasteiger partial charge in [0, 0.05) is 25.6 Å². The zero-order chi connectivity index (χ0) is 15.5. The zero-order valence-corrected chi connectivity index (χ0v) is 13.4. The monoisotopic (exact) mass is 293 g/mol. The van der Waals surface area contributed by atoms with E-state index in [2.05, 4.69) is 16.3 Å². The van der Waals surface area contributed by atoms with Crippen molar-refractivity contribution in [3.63, 3.8) is 0 Å². The van der Waals surface area contributed by atoms with Crippen LogP contribution in [0.4, 0.5) is 4.79 Å². The van der Waals surface area contributed by atoms with E-state index in [0.717, 1.165) is 32.5 Å². The van der Waals surface area contributed by atoms with E-state index in [1.165, 1.54) is 6.42 Å². The van der Waals surface area contributed by atoms with E-state index in [4.69, 9.17) is 10.00 Å². The van der Waals surface area contributed by atoms with Crippen LogP contribution in [0.3, 0.4) is 0 Å². The van der Waals surface area contributed by atoms with Gasteiger partial charge in [0.2, 0.25) is 0 Å². The molecular formula is C16H27N3O2. The fourth-order valence-electron chi connectivity index (χ4n) is 3.56. The summed E-state index contributed by atoms with van der Waals surface area (Å²) in [6, 6.07) is 2.44. The first kappa shape index (κ1) is 16.1. The minimum atomic E-state index is -0.443. The van der Waals surface area contributed by atoms with Crippen LogP contribution in [-0.2, 0) is 4.74 Å². The van der Waals surface area contributed by atoms with E-state index < -0.39 is 5.60 Å². The molecule has 5 nitrogen and oxygen atoms in total. The average molecular weight is 293 g/mol. The van der Waals surface area contributed by atoms with Gasteiger partial charge in [0.15, 0.2) is 0 Å². The van der Waals surface area contributed by atoms with Crippen LogP contribution in [-0.4, -0.2) is 42.3 Å². The maximum atomic E-state index is 11.9. The molecule has 2 rings (SSSR count). The number of unbranched alkanes of at least 4 members (excludes halogenated alkanes) is 1. The summed E-state index contributed by atoms with van der Waals surface area (Å²) in [5, 5.41) is 11.7. The van der Waals surface area contributed by atoms with Crippen molar-refractivity contribution in [2.75, 3.05) is 19.6 Å². The summed E-state index contributed by atoms with van der Waals surface area (Å²) >= 11 is 0. The van der Waals surface area contributed by atoms with Gasteiger partial charge in [-0.25, -0.2) is 4.79 Å². The number of hydrogen-bond acceptors (Lipinski definition) is 4. The second-order valence-electron chi connectivity index (χ2n) is 7.28. The van der Waals surface area contributed by atoms with Gasteiger partial charge < -0.3 is 15.0 Å². The molecule has 3 unspecified atom stereocenters. The Hall–Kier alpha value is -1.28. The Morgan fingerprint density at radius 1 is 1.38 bits per heavy atom. The highest BCUT2D eigenvalue weighted by Gasteiger charge is 2.43. The summed E-state index contributed by atoms with van der Waals surface area (Å²) in [6.45, 7) is 8.81. The van der Waals surface area contributed by atoms with Gasteiger partial charge in [-0.1, -0.05) is 0 Å². The number of rotatable bonds is 4. The van der Waals surface area contributed by atoms with Crippen molar-refractivity contribution < 1.29 is 9.53 Å². The van der Waals surface area contributed by atoms with Crippen LogP contribution < -0.4 is 5.32 Å². The molecular weight excluding hydrogens is 266 g/mol. The molecule has 2 fully saturated rings. The Balaban J connectivity index is 1.79. The lowest BCUT2D eigenvalue weighted by atomic mass is 9.98. The quantitative estimate of drug-likeness (QED) is 0.809. The molecule has 118 valence electrons. The molecule has 1 amide bonds. The normalized spacial score (nSPS) is 29.0. The number of nitrogens with zero attached hydrogens (tertiary/aromatic N) is 2. The van der Waals surface area contributed by atoms with E-state index >= 15 is 0 Å². The molecule has 1 heterocycles. The number of alkyl carbamates (subject to hydrolysis) is 1. The van der Waals surface area contributed by atoms with Crippen LogP contribution in [0, 0.1) is 23.2 Å². The van der Waals surface area contributed by atoms with Crippen molar-refractivity contribution >= 4 is 6.09 Å². The zero-order valence-electron chi connectivity index (χ0n) is 13.4. The van der Waals surface area contributed by atoms with Crippen molar-refractivity contribution in [1.82, 2.24) is 10.2 Å². The molecule has 0 aromatic rings. The highest BCUT2D eigenvalue weighted by molar-refractivity contribution is 5.68. The van der Waals surface area contributed by atoms with Gasteiger partial charge in [-0.05, 0) is 58.4 Å². The molecule has 1 saturated carbocycles. The molecule has 0 aromatic carbocycles. The van der Waals surface area contributed by atoms with Gasteiger partial charge in [-0.15, -0.1) is 0 Å². The minimum absolute atomic E-state index is 0.241. The number of fused-ring (bicyclic) bond motifs is 1. The van der Waals surface area contributed by atoms with Crippen LogP contribution in [0.1, 0.15) is 46.5 Å². The van der Waals surface area contributed by atoms with Crippen LogP contribution in [0.2, 0.25) is 0 Å². The molecule has 0 aromatic heterocycles. The van der Waals surface area contributed by atoms with Gasteiger partial charge in [-0.2, -0.15) is 5.26 Å². The molecule has 3 atom stereocenters. The van der Waals surface area contributed by atoms with Gasteiger partial charge in [0.1, 0.15) is 5.60 Å². The van der Waals surface area contributed by atoms with E-state index in [0.29, 0.717) is 18.3 Å². The highest BCUT2D eigenvalue weighted by Crippen LogP contribution is 2.38. The molecule has 21 heavy (non-hydrogen) atoms. The van der Waals surface area contributed by atoms with Crippen molar-refractivity contribution in [2.24, 2.45) is 11.8 Å². The summed E-state index contributed by atoms with van der Waals surface area (Å²) in [5.41, 5.74) is -0.443. The number of carbonyl (C=O) groups is 1. The van der Waals surface area contributed by atoms with E-state index in [1.807, 2.05) is 20.8 Å². The number of nitrogens with one attached hydrogen (secondary N) is 1. The maximum absolute atomic E-state index is 11.9. The summed E-state index contributed by atoms with van der Waals surface area (Å²) in [5.74, 6) is 1.23. The number of carbonyl (C=O) groups excluding carboxylic acids is 1. The molecule has 1 aliphatic carbocycles. The van der Waals surface area contributed by atoms with E-state index in [9.17, 15) is 4.79 Å². The lowest BCUT2D eigenvalue weighted by Crippen LogP contribution is -2.42. The third-order valence-corrected chi connectivity index (χ3v) is 4.40. The number of hydrogen-bond donors (Lipinski definition) is 1. The predicted octanol–water partition coefficient (Wildman–Crippen LogP) is 2.53. The Kier molecular flexibility index (Phi) is 5.10. The predicted molar refractivity (Wildman–Crippen MR) is 80.7 cm³/mol. The number of amides is 1. The first-order valence-electron chi connectivity index (χ1n) is 7.98. The Bertz CT molecular complexity index is 411. The number of ether oxygens (including phenoxy) is 1. The second-order valence-corrected chi connectivity index (χ2v) is 7.28. The molecule has 0 spiro atoms. The molecule has 1 saturated heterocycles. The van der Waals surface area contributed by atoms with Crippen LogP contribution in [0.25, 0.3) is 0 Å². The molecule has 0 radical (unpaired) electrons. The van der Waals surface area contributed by atoms with Crippen molar-refractivity contribution in [3.05, 3.63) is 0 Å². The van der Waals surface area contributed by atoms with Crippen LogP contribution >= 0.6 is 0 Å². The van der Waals surface area contributed by atoms with Gasteiger partial charge in [-0.3, -0.25) is 0 Å². The first-order chi connectivity index (χ1) is 9.89. The largest absolute Gasteiger partial charge is 0.444 e. The highest BCUT2D eigenvalue weighted by atomic mass is 16.6. The standard InChI is InChI=1S/C16H27N3O2/c1-16(2,3)21-15(20)18-14-7-6-12-10-19(11-13(12)14)9-5-4-8-17/h12-14H,4-7,9-11H2,1-3H3,(H,18,20). The van der Waals surface area contributed by atoms with Crippen molar-refractivity contribution in [2.45, 2.75) is 58.1 Å². The number of likely N-dealkylation sites (tertiary alicyclic amines) is 1. The van der Waals surface area contributed by atoms with E-state index in [-0.39, 0.29) is 12.1 Å². The van der Waals surface area contributed by atoms with Gasteiger partial charge in [0.25, 0.3) is 0 Å². The molecule has 1 N–H and O–H groups in total. The first-order valence-corrected chi connectivity index (χ1v) is 7.98. The summed E-state index contributed by atoms with van der Waals surface area (Å²) < 4.78 is 5.35. The molecule has 5 heteroatoms. The Morgan fingerprint density at radius 3 is 2.81 bits per heavy atom. The topological polar surface area (TPSA) is 65.4 Å². The average Bonchev–Trinajstić information content (AvgIpc) is 2.89. The Morgan fingerprint density at radius 2 is 2.14 bits per heavy atom. The maximum Gasteiger partial charge on any atom is 0.407 e. The molecule has 1 aliphatic heterocycles. The Labute approximate surface area is 127 Å². The number of nitriles is 1. The minimum Gasteiger partial charge on any atom is -0.444 e. The fraction of sp³-hybridized carbons (Fsp3) is 0.875. The van der Waals surface area contributed by atoms with Crippen molar-refractivity contribution in [1.29, 1.82) is 5.26 Å². The third kappa shape index (κ3) is 4.60. The smallest absolute Gasteiger partial charge is 0.407 e. The van der Waals surface area contributed by atoms with Crippen molar-refractivity contribution in [3.8, 4) is 6.07 Å². The summed E-state index contributed by atoms with van der Waals surface area (Å²) in [6.07, 6.45) is 3.52. The lowest BCUT2D eigenvalue weighted by molar-refractivity contribution is 0.0491. The van der Waals surface area contributed by atoms with E-state index in [1.54, 1.807) is 0 Å². The fourth-order valence-corrected chi connectivity index (χ4v) is 3.56.